The number of anilines is 1. The molecule has 3 aromatic heterocycles. The fourth-order valence-corrected chi connectivity index (χ4v) is 3.43. The molecule has 0 saturated carbocycles. The van der Waals surface area contributed by atoms with Crippen LogP contribution >= 0.6 is 11.8 Å². The lowest BCUT2D eigenvalue weighted by atomic mass is 10.1. The summed E-state index contributed by atoms with van der Waals surface area (Å²) in [6.45, 7) is 3.85. The van der Waals surface area contributed by atoms with E-state index >= 15 is 0 Å². The van der Waals surface area contributed by atoms with Gasteiger partial charge in [-0.2, -0.15) is 10.1 Å². The summed E-state index contributed by atoms with van der Waals surface area (Å²) >= 11 is 1.58. The van der Waals surface area contributed by atoms with E-state index in [0.717, 1.165) is 48.2 Å². The Morgan fingerprint density at radius 2 is 2.00 bits per heavy atom. The van der Waals surface area contributed by atoms with Crippen molar-refractivity contribution in [2.45, 2.75) is 31.0 Å². The van der Waals surface area contributed by atoms with Crippen molar-refractivity contribution in [3.63, 3.8) is 0 Å². The minimum atomic E-state index is 0.178. The molecule has 0 atom stereocenters. The Labute approximate surface area is 150 Å². The first-order chi connectivity index (χ1) is 12.2. The van der Waals surface area contributed by atoms with E-state index in [-0.39, 0.29) is 6.10 Å². The molecule has 0 aliphatic carbocycles. The van der Waals surface area contributed by atoms with Gasteiger partial charge in [0.25, 0.3) is 0 Å². The van der Waals surface area contributed by atoms with E-state index < -0.39 is 0 Å². The monoisotopic (exact) mass is 356 g/mol. The zero-order chi connectivity index (χ0) is 17.2. The van der Waals surface area contributed by atoms with E-state index in [1.807, 2.05) is 31.5 Å². The van der Waals surface area contributed by atoms with Crippen LogP contribution in [0.1, 0.15) is 18.5 Å². The molecule has 0 N–H and O–H groups in total. The van der Waals surface area contributed by atoms with Crippen LogP contribution in [-0.2, 0) is 0 Å². The number of rotatable bonds is 4. The van der Waals surface area contributed by atoms with Crippen LogP contribution < -0.4 is 9.64 Å². The molecule has 25 heavy (non-hydrogen) atoms. The van der Waals surface area contributed by atoms with Gasteiger partial charge in [0.05, 0.1) is 6.20 Å². The number of piperidine rings is 1. The van der Waals surface area contributed by atoms with Crippen molar-refractivity contribution in [1.29, 1.82) is 0 Å². The highest BCUT2D eigenvalue weighted by Gasteiger charge is 2.22. The van der Waals surface area contributed by atoms with Crippen molar-refractivity contribution in [2.75, 3.05) is 24.2 Å². The van der Waals surface area contributed by atoms with Crippen LogP contribution in [0.15, 0.2) is 35.7 Å². The maximum absolute atomic E-state index is 6.07. The number of aromatic nitrogens is 5. The molecule has 0 amide bonds. The Bertz CT molecular complexity index is 874. The van der Waals surface area contributed by atoms with Gasteiger partial charge < -0.3 is 9.64 Å². The topological polar surface area (TPSA) is 68.4 Å². The number of fused-ring (bicyclic) bond motifs is 1. The van der Waals surface area contributed by atoms with Gasteiger partial charge in [0.1, 0.15) is 11.9 Å². The zero-order valence-corrected chi connectivity index (χ0v) is 15.1. The van der Waals surface area contributed by atoms with E-state index in [2.05, 4.69) is 31.0 Å². The third-order valence-corrected chi connectivity index (χ3v) is 4.84. The van der Waals surface area contributed by atoms with E-state index in [1.54, 1.807) is 22.5 Å². The summed E-state index contributed by atoms with van der Waals surface area (Å²) in [6, 6.07) is 5.79. The Morgan fingerprint density at radius 1 is 1.16 bits per heavy atom. The zero-order valence-electron chi connectivity index (χ0n) is 14.3. The molecule has 3 aromatic rings. The van der Waals surface area contributed by atoms with E-state index in [1.165, 1.54) is 0 Å². The normalized spacial score (nSPS) is 15.7. The van der Waals surface area contributed by atoms with Gasteiger partial charge >= 0.3 is 0 Å². The van der Waals surface area contributed by atoms with E-state index in [0.29, 0.717) is 5.88 Å². The van der Waals surface area contributed by atoms with E-state index in [9.17, 15) is 0 Å². The van der Waals surface area contributed by atoms with Gasteiger partial charge in [0.2, 0.25) is 5.88 Å². The number of nitrogens with zero attached hydrogens (tertiary/aromatic N) is 6. The number of thioether (sulfide) groups is 1. The Kier molecular flexibility index (Phi) is 4.44. The highest BCUT2D eigenvalue weighted by atomic mass is 32.2. The molecule has 0 bridgehead atoms. The molecule has 1 aliphatic heterocycles. The van der Waals surface area contributed by atoms with Crippen LogP contribution in [0, 0.1) is 6.92 Å². The first kappa shape index (κ1) is 16.1. The SMILES string of the molecule is CSc1nc(C)cc(N2CCC(Oc3ccn4nccc4n3)CC2)n1. The summed E-state index contributed by atoms with van der Waals surface area (Å²) in [5, 5.41) is 4.98. The molecule has 4 heterocycles. The molecule has 8 heteroatoms. The number of hydrogen-bond donors (Lipinski definition) is 0. The predicted molar refractivity (Wildman–Crippen MR) is 97.4 cm³/mol. The lowest BCUT2D eigenvalue weighted by molar-refractivity contribution is 0.164. The van der Waals surface area contributed by atoms with Crippen LogP contribution in [0.5, 0.6) is 5.88 Å². The Hall–Kier alpha value is -2.35. The molecule has 1 aliphatic rings. The molecule has 1 saturated heterocycles. The summed E-state index contributed by atoms with van der Waals surface area (Å²) in [5.74, 6) is 1.67. The van der Waals surface area contributed by atoms with Crippen LogP contribution in [0.3, 0.4) is 0 Å². The highest BCUT2D eigenvalue weighted by Crippen LogP contribution is 2.23. The Balaban J connectivity index is 1.40. The van der Waals surface area contributed by atoms with Gasteiger partial charge in [-0.15, -0.1) is 0 Å². The maximum Gasteiger partial charge on any atom is 0.217 e. The van der Waals surface area contributed by atoms with Gasteiger partial charge in [-0.3, -0.25) is 0 Å². The second kappa shape index (κ2) is 6.87. The fourth-order valence-electron chi connectivity index (χ4n) is 3.01. The van der Waals surface area contributed by atoms with E-state index in [4.69, 9.17) is 4.74 Å². The first-order valence-electron chi connectivity index (χ1n) is 8.33. The van der Waals surface area contributed by atoms with Gasteiger partial charge in [-0.1, -0.05) is 11.8 Å². The minimum absolute atomic E-state index is 0.178. The first-order valence-corrected chi connectivity index (χ1v) is 9.55. The second-order valence-electron chi connectivity index (χ2n) is 6.06. The molecule has 7 nitrogen and oxygen atoms in total. The largest absolute Gasteiger partial charge is 0.474 e. The summed E-state index contributed by atoms with van der Waals surface area (Å²) in [6.07, 6.45) is 7.69. The summed E-state index contributed by atoms with van der Waals surface area (Å²) in [5.41, 5.74) is 1.81. The van der Waals surface area contributed by atoms with Crippen LogP contribution in [0.25, 0.3) is 5.65 Å². The van der Waals surface area contributed by atoms with Crippen LogP contribution in [0.4, 0.5) is 5.82 Å². The quantitative estimate of drug-likeness (QED) is 0.526. The molecule has 0 unspecified atom stereocenters. The maximum atomic E-state index is 6.07. The second-order valence-corrected chi connectivity index (χ2v) is 6.83. The molecule has 0 aromatic carbocycles. The lowest BCUT2D eigenvalue weighted by Crippen LogP contribution is -2.39. The van der Waals surface area contributed by atoms with Crippen molar-refractivity contribution in [3.8, 4) is 5.88 Å². The van der Waals surface area contributed by atoms with Crippen LogP contribution in [0.2, 0.25) is 0 Å². The standard InChI is InChI=1S/C17H20N6OS/c1-12-11-15(21-17(19-12)25-2)22-8-4-13(5-9-22)24-16-6-10-23-14(20-16)3-7-18-23/h3,6-7,10-11,13H,4-5,8-9H2,1-2H3. The summed E-state index contributed by atoms with van der Waals surface area (Å²) in [4.78, 5) is 15.8. The third-order valence-electron chi connectivity index (χ3n) is 4.29. The van der Waals surface area contributed by atoms with Crippen molar-refractivity contribution in [1.82, 2.24) is 24.6 Å². The molecule has 1 fully saturated rings. The van der Waals surface area contributed by atoms with Gasteiger partial charge in [-0.25, -0.2) is 14.5 Å². The van der Waals surface area contributed by atoms with Gasteiger partial charge in [0.15, 0.2) is 10.8 Å². The molecule has 130 valence electrons. The average Bonchev–Trinajstić information content (AvgIpc) is 3.09. The van der Waals surface area contributed by atoms with Crippen molar-refractivity contribution in [3.05, 3.63) is 36.3 Å². The summed E-state index contributed by atoms with van der Waals surface area (Å²) in [7, 11) is 0. The minimum Gasteiger partial charge on any atom is -0.474 e. The van der Waals surface area contributed by atoms with Crippen molar-refractivity contribution < 1.29 is 4.74 Å². The fraction of sp³-hybridized carbons (Fsp3) is 0.412. The van der Waals surface area contributed by atoms with Crippen molar-refractivity contribution in [2.24, 2.45) is 0 Å². The van der Waals surface area contributed by atoms with Crippen LogP contribution in [-0.4, -0.2) is 50.0 Å². The number of ether oxygens (including phenoxy) is 1. The highest BCUT2D eigenvalue weighted by molar-refractivity contribution is 7.98. The van der Waals surface area contributed by atoms with Gasteiger partial charge in [-0.05, 0) is 13.2 Å². The predicted octanol–water partition coefficient (Wildman–Crippen LogP) is 2.60. The molecule has 0 radical (unpaired) electrons. The molecule has 4 rings (SSSR count). The third kappa shape index (κ3) is 3.53. The van der Waals surface area contributed by atoms with Crippen molar-refractivity contribution >= 4 is 23.2 Å². The smallest absolute Gasteiger partial charge is 0.217 e. The molecular weight excluding hydrogens is 336 g/mol. The number of hydrogen-bond acceptors (Lipinski definition) is 7. The number of aryl methyl sites for hydroxylation is 1. The molecular formula is C17H20N6OS. The lowest BCUT2D eigenvalue weighted by Gasteiger charge is -2.32. The molecule has 0 spiro atoms. The average molecular weight is 356 g/mol. The van der Waals surface area contributed by atoms with Gasteiger partial charge in [0, 0.05) is 56.0 Å². The summed E-state index contributed by atoms with van der Waals surface area (Å²) < 4.78 is 7.80. The Morgan fingerprint density at radius 3 is 2.80 bits per heavy atom.